The molecule has 2 aromatic carbocycles. The number of rotatable bonds is 12. The molecule has 0 aliphatic rings. The molecular formula is C23H32N4O6S. The fraction of sp³-hybridized carbons (Fsp3) is 0.435. The number of sulfonamides is 1. The molecule has 0 heterocycles. The largest absolute Gasteiger partial charge is 0.487 e. The Morgan fingerprint density at radius 1 is 1.00 bits per heavy atom. The summed E-state index contributed by atoms with van der Waals surface area (Å²) in [6.07, 6.45) is 0. The van der Waals surface area contributed by atoms with Crippen LogP contribution in [0.2, 0.25) is 0 Å². The van der Waals surface area contributed by atoms with Gasteiger partial charge in [0.2, 0.25) is 10.0 Å². The van der Waals surface area contributed by atoms with Gasteiger partial charge >= 0.3 is 5.69 Å². The van der Waals surface area contributed by atoms with Crippen LogP contribution in [0.4, 0.5) is 17.1 Å². The number of nitrogens with one attached hydrogen (secondary N) is 1. The number of nitrogens with zero attached hydrogens (tertiary/aromatic N) is 3. The SMILES string of the molecule is CCOc1ccc(C(=O)Nc2cc(S(=O)(=O)N(CC)CC)ccc2N(CC)CC)cc1[N+](=O)[O-]. The highest BCUT2D eigenvalue weighted by Gasteiger charge is 2.25. The Bertz CT molecular complexity index is 1130. The maximum atomic E-state index is 13.1. The van der Waals surface area contributed by atoms with Crippen LogP contribution in [-0.4, -0.2) is 56.3 Å². The maximum Gasteiger partial charge on any atom is 0.311 e. The lowest BCUT2D eigenvalue weighted by atomic mass is 10.1. The predicted molar refractivity (Wildman–Crippen MR) is 132 cm³/mol. The molecule has 0 aliphatic heterocycles. The van der Waals surface area contributed by atoms with Crippen molar-refractivity contribution in [1.29, 1.82) is 0 Å². The van der Waals surface area contributed by atoms with E-state index in [1.807, 2.05) is 18.7 Å². The number of carbonyl (C=O) groups excluding carboxylic acids is 1. The van der Waals surface area contributed by atoms with E-state index in [4.69, 9.17) is 4.74 Å². The molecule has 186 valence electrons. The molecule has 0 spiro atoms. The number of carbonyl (C=O) groups is 1. The van der Waals surface area contributed by atoms with Gasteiger partial charge in [-0.2, -0.15) is 4.31 Å². The zero-order valence-electron chi connectivity index (χ0n) is 20.2. The Balaban J connectivity index is 2.54. The van der Waals surface area contributed by atoms with Crippen LogP contribution < -0.4 is 15.0 Å². The van der Waals surface area contributed by atoms with Gasteiger partial charge in [0.05, 0.1) is 27.8 Å². The highest BCUT2D eigenvalue weighted by molar-refractivity contribution is 7.89. The van der Waals surface area contributed by atoms with Crippen molar-refractivity contribution >= 4 is 33.0 Å². The lowest BCUT2D eigenvalue weighted by Crippen LogP contribution is -2.31. The number of hydrogen-bond donors (Lipinski definition) is 1. The molecule has 0 atom stereocenters. The molecule has 2 rings (SSSR count). The van der Waals surface area contributed by atoms with Gasteiger partial charge in [0, 0.05) is 37.8 Å². The van der Waals surface area contributed by atoms with Crippen molar-refractivity contribution in [3.8, 4) is 5.75 Å². The quantitative estimate of drug-likeness (QED) is 0.349. The van der Waals surface area contributed by atoms with Crippen molar-refractivity contribution in [2.24, 2.45) is 0 Å². The second-order valence-electron chi connectivity index (χ2n) is 7.27. The molecule has 0 aliphatic carbocycles. The molecule has 2 aromatic rings. The van der Waals surface area contributed by atoms with E-state index in [1.54, 1.807) is 26.8 Å². The van der Waals surface area contributed by atoms with Gasteiger partial charge in [-0.3, -0.25) is 14.9 Å². The molecule has 0 aromatic heterocycles. The normalized spacial score (nSPS) is 11.4. The van der Waals surface area contributed by atoms with Gasteiger partial charge in [-0.1, -0.05) is 13.8 Å². The third-order valence-electron chi connectivity index (χ3n) is 5.38. The fourth-order valence-corrected chi connectivity index (χ4v) is 5.09. The lowest BCUT2D eigenvalue weighted by molar-refractivity contribution is -0.385. The van der Waals surface area contributed by atoms with Crippen molar-refractivity contribution in [3.63, 3.8) is 0 Å². The monoisotopic (exact) mass is 492 g/mol. The number of ether oxygens (including phenoxy) is 1. The Kier molecular flexibility index (Phi) is 9.39. The summed E-state index contributed by atoms with van der Waals surface area (Å²) in [7, 11) is -3.75. The first-order chi connectivity index (χ1) is 16.1. The molecule has 1 N–H and O–H groups in total. The number of amides is 1. The summed E-state index contributed by atoms with van der Waals surface area (Å²) in [5, 5.41) is 14.2. The van der Waals surface area contributed by atoms with Crippen molar-refractivity contribution in [2.75, 3.05) is 43.0 Å². The van der Waals surface area contributed by atoms with Crippen LogP contribution in [0, 0.1) is 10.1 Å². The number of benzene rings is 2. The molecule has 10 nitrogen and oxygen atoms in total. The smallest absolute Gasteiger partial charge is 0.311 e. The van der Waals surface area contributed by atoms with E-state index in [1.165, 1.54) is 28.6 Å². The van der Waals surface area contributed by atoms with Gasteiger partial charge < -0.3 is 15.0 Å². The highest BCUT2D eigenvalue weighted by atomic mass is 32.2. The van der Waals surface area contributed by atoms with Crippen LogP contribution in [0.5, 0.6) is 5.75 Å². The van der Waals surface area contributed by atoms with Crippen molar-refractivity contribution < 1.29 is 22.9 Å². The minimum absolute atomic E-state index is 0.0534. The molecule has 11 heteroatoms. The molecule has 0 saturated carbocycles. The number of nitro benzene ring substituents is 1. The van der Waals surface area contributed by atoms with Crippen LogP contribution in [0.1, 0.15) is 45.0 Å². The highest BCUT2D eigenvalue weighted by Crippen LogP contribution is 2.32. The average Bonchev–Trinajstić information content (AvgIpc) is 2.81. The van der Waals surface area contributed by atoms with E-state index < -0.39 is 20.9 Å². The van der Waals surface area contributed by atoms with Gasteiger partial charge in [-0.05, 0) is 51.1 Å². The second-order valence-corrected chi connectivity index (χ2v) is 9.21. The Morgan fingerprint density at radius 2 is 1.65 bits per heavy atom. The van der Waals surface area contributed by atoms with Gasteiger partial charge in [-0.25, -0.2) is 8.42 Å². The number of hydrogen-bond acceptors (Lipinski definition) is 7. The minimum Gasteiger partial charge on any atom is -0.487 e. The third-order valence-corrected chi connectivity index (χ3v) is 7.43. The van der Waals surface area contributed by atoms with Gasteiger partial charge in [0.15, 0.2) is 5.75 Å². The van der Waals surface area contributed by atoms with E-state index in [9.17, 15) is 23.3 Å². The molecule has 1 amide bonds. The minimum atomic E-state index is -3.75. The van der Waals surface area contributed by atoms with Gasteiger partial charge in [-0.15, -0.1) is 0 Å². The molecule has 0 fully saturated rings. The second kappa shape index (κ2) is 11.8. The first-order valence-corrected chi connectivity index (χ1v) is 12.7. The summed E-state index contributed by atoms with van der Waals surface area (Å²) >= 11 is 0. The summed E-state index contributed by atoms with van der Waals surface area (Å²) in [5.74, 6) is -0.530. The van der Waals surface area contributed by atoms with Crippen molar-refractivity contribution in [2.45, 2.75) is 39.5 Å². The van der Waals surface area contributed by atoms with Crippen LogP contribution in [0.15, 0.2) is 41.3 Å². The molecule has 0 bridgehead atoms. The summed E-state index contributed by atoms with van der Waals surface area (Å²) in [6.45, 7) is 11.3. The first-order valence-electron chi connectivity index (χ1n) is 11.3. The zero-order chi connectivity index (χ0) is 25.5. The lowest BCUT2D eigenvalue weighted by Gasteiger charge is -2.26. The van der Waals surface area contributed by atoms with Crippen molar-refractivity contribution in [1.82, 2.24) is 4.31 Å². The number of nitro groups is 1. The summed E-state index contributed by atoms with van der Waals surface area (Å²) in [6, 6.07) is 8.58. The molecule has 34 heavy (non-hydrogen) atoms. The van der Waals surface area contributed by atoms with Gasteiger partial charge in [0.1, 0.15) is 0 Å². The number of anilines is 2. The summed E-state index contributed by atoms with van der Waals surface area (Å²) < 4.78 is 32.7. The Labute approximate surface area is 200 Å². The standard InChI is InChI=1S/C23H32N4O6S/c1-6-25(7-2)20-13-12-18(34(31,32)26(8-3)9-4)16-19(20)24-23(28)17-11-14-22(33-10-5)21(15-17)27(29)30/h11-16H,6-10H2,1-5H3,(H,24,28). The van der Waals surface area contributed by atoms with Crippen LogP contribution in [0.25, 0.3) is 0 Å². The van der Waals surface area contributed by atoms with E-state index in [-0.39, 0.29) is 28.5 Å². The van der Waals surface area contributed by atoms with E-state index in [0.29, 0.717) is 37.6 Å². The van der Waals surface area contributed by atoms with E-state index in [0.717, 1.165) is 6.07 Å². The van der Waals surface area contributed by atoms with Crippen LogP contribution in [-0.2, 0) is 10.0 Å². The van der Waals surface area contributed by atoms with Crippen LogP contribution in [0.3, 0.4) is 0 Å². The fourth-order valence-electron chi connectivity index (χ4n) is 3.60. The van der Waals surface area contributed by atoms with E-state index >= 15 is 0 Å². The third kappa shape index (κ3) is 5.84. The Morgan fingerprint density at radius 3 is 2.18 bits per heavy atom. The van der Waals surface area contributed by atoms with Crippen molar-refractivity contribution in [3.05, 3.63) is 52.1 Å². The maximum absolute atomic E-state index is 13.1. The average molecular weight is 493 g/mol. The van der Waals surface area contributed by atoms with Gasteiger partial charge in [0.25, 0.3) is 5.91 Å². The predicted octanol–water partition coefficient (Wildman–Crippen LogP) is 4.12. The molecule has 0 unspecified atom stereocenters. The zero-order valence-corrected chi connectivity index (χ0v) is 21.0. The summed E-state index contributed by atoms with van der Waals surface area (Å²) in [5.41, 5.74) is 0.685. The van der Waals surface area contributed by atoms with E-state index in [2.05, 4.69) is 5.32 Å². The summed E-state index contributed by atoms with van der Waals surface area (Å²) in [4.78, 5) is 25.9. The first kappa shape index (κ1) is 27.1. The molecular weight excluding hydrogens is 460 g/mol. The molecule has 0 radical (unpaired) electrons. The molecule has 0 saturated heterocycles. The Hall–Kier alpha value is -3.18. The topological polar surface area (TPSA) is 122 Å². The van der Waals surface area contributed by atoms with Crippen LogP contribution >= 0.6 is 0 Å².